The Balaban J connectivity index is 1.98. The third-order valence-electron chi connectivity index (χ3n) is 9.12. The van der Waals surface area contributed by atoms with Crippen molar-refractivity contribution in [2.45, 2.75) is 70.2 Å². The quantitative estimate of drug-likeness (QED) is 0.541. The summed E-state index contributed by atoms with van der Waals surface area (Å²) in [5.74, 6) is -2.16. The highest BCUT2D eigenvalue weighted by Gasteiger charge is 2.83. The maximum Gasteiger partial charge on any atom is 0.191 e. The average molecular weight is 403 g/mol. The predicted octanol–water partition coefficient (Wildman–Crippen LogP) is 2.30. The molecule has 0 spiro atoms. The Labute approximate surface area is 172 Å². The molecule has 0 amide bonds. The number of Topliss-reactive ketones (excluding diaryl/α,β-unsaturated/α-hetero) is 1. The van der Waals surface area contributed by atoms with Gasteiger partial charge in [-0.15, -0.1) is 6.58 Å². The molecule has 4 N–H and O–H groups in total. The molecule has 160 valence electrons. The summed E-state index contributed by atoms with van der Waals surface area (Å²) in [5, 5.41) is 45.6. The Kier molecular flexibility index (Phi) is 4.43. The fourth-order valence-electron chi connectivity index (χ4n) is 7.49. The van der Waals surface area contributed by atoms with Crippen molar-refractivity contribution in [3.05, 3.63) is 35.5 Å². The van der Waals surface area contributed by atoms with Crippen LogP contribution in [0.2, 0.25) is 0 Å². The van der Waals surface area contributed by atoms with E-state index in [4.69, 9.17) is 0 Å². The number of hydrogen-bond acceptors (Lipinski definition) is 5. The Morgan fingerprint density at radius 1 is 1.28 bits per heavy atom. The van der Waals surface area contributed by atoms with Gasteiger partial charge >= 0.3 is 0 Å². The fraction of sp³-hybridized carbons (Fsp3) is 0.708. The second-order valence-corrected chi connectivity index (χ2v) is 9.87. The van der Waals surface area contributed by atoms with Crippen LogP contribution in [-0.4, -0.2) is 49.6 Å². The van der Waals surface area contributed by atoms with Gasteiger partial charge in [-0.2, -0.15) is 0 Å². The molecule has 5 heteroatoms. The monoisotopic (exact) mass is 402 g/mol. The molecule has 0 aromatic rings. The summed E-state index contributed by atoms with van der Waals surface area (Å²) in [4.78, 5) is 13.1. The zero-order valence-corrected chi connectivity index (χ0v) is 17.9. The summed E-state index contributed by atoms with van der Waals surface area (Å²) >= 11 is 0. The van der Waals surface area contributed by atoms with Crippen molar-refractivity contribution < 1.29 is 25.2 Å². The van der Waals surface area contributed by atoms with E-state index < -0.39 is 34.1 Å². The van der Waals surface area contributed by atoms with Crippen molar-refractivity contribution in [2.24, 2.45) is 29.1 Å². The summed E-state index contributed by atoms with van der Waals surface area (Å²) in [6.07, 6.45) is 5.19. The molecule has 0 radical (unpaired) electrons. The smallest absolute Gasteiger partial charge is 0.191 e. The summed E-state index contributed by atoms with van der Waals surface area (Å²) in [6, 6.07) is 0. The second-order valence-electron chi connectivity index (χ2n) is 9.87. The highest BCUT2D eigenvalue weighted by Crippen LogP contribution is 2.77. The van der Waals surface area contributed by atoms with Crippen LogP contribution in [0.25, 0.3) is 0 Å². The SMILES string of the molecule is C=C[C@]1(CC)[C@@H]2[C@@H]3C(C)=C(CO)C[C@]4(O)C(=O)C(CC)=C[C@H]4[C@@]3(O)[C@H](C)C[C@]21O. The molecule has 0 bridgehead atoms. The van der Waals surface area contributed by atoms with Crippen LogP contribution in [-0.2, 0) is 4.79 Å². The van der Waals surface area contributed by atoms with Crippen molar-refractivity contribution in [3.63, 3.8) is 0 Å². The number of aliphatic hydroxyl groups is 4. The van der Waals surface area contributed by atoms with Crippen molar-refractivity contribution >= 4 is 5.78 Å². The van der Waals surface area contributed by atoms with E-state index in [2.05, 4.69) is 6.58 Å². The first-order chi connectivity index (χ1) is 13.5. The topological polar surface area (TPSA) is 98.0 Å². The molecule has 2 saturated carbocycles. The normalized spacial score (nSPS) is 51.0. The third kappa shape index (κ3) is 2.12. The molecule has 2 fully saturated rings. The first-order valence-corrected chi connectivity index (χ1v) is 10.9. The van der Waals surface area contributed by atoms with E-state index in [1.165, 1.54) is 0 Å². The van der Waals surface area contributed by atoms with Crippen LogP contribution in [0.1, 0.15) is 53.4 Å². The van der Waals surface area contributed by atoms with Crippen LogP contribution in [0.3, 0.4) is 0 Å². The van der Waals surface area contributed by atoms with Gasteiger partial charge < -0.3 is 20.4 Å². The highest BCUT2D eigenvalue weighted by molar-refractivity contribution is 6.05. The summed E-state index contributed by atoms with van der Waals surface area (Å²) in [6.45, 7) is 11.4. The van der Waals surface area contributed by atoms with Crippen molar-refractivity contribution in [2.75, 3.05) is 6.61 Å². The molecular weight excluding hydrogens is 368 g/mol. The van der Waals surface area contributed by atoms with E-state index in [1.54, 1.807) is 6.08 Å². The molecule has 29 heavy (non-hydrogen) atoms. The number of aliphatic hydroxyl groups excluding tert-OH is 1. The third-order valence-corrected chi connectivity index (χ3v) is 9.12. The number of hydrogen-bond donors (Lipinski definition) is 4. The van der Waals surface area contributed by atoms with Crippen LogP contribution in [0.4, 0.5) is 0 Å². The number of fused-ring (bicyclic) bond motifs is 5. The lowest BCUT2D eigenvalue weighted by Crippen LogP contribution is -2.61. The molecular formula is C24H34O5. The van der Waals surface area contributed by atoms with Gasteiger partial charge in [-0.25, -0.2) is 0 Å². The Morgan fingerprint density at radius 2 is 1.93 bits per heavy atom. The predicted molar refractivity (Wildman–Crippen MR) is 110 cm³/mol. The molecule has 4 rings (SSSR count). The van der Waals surface area contributed by atoms with Crippen LogP contribution in [0.15, 0.2) is 35.5 Å². The molecule has 4 aliphatic rings. The number of carbonyl (C=O) groups is 1. The van der Waals surface area contributed by atoms with Crippen LogP contribution in [0.5, 0.6) is 0 Å². The Morgan fingerprint density at radius 3 is 2.45 bits per heavy atom. The number of carbonyl (C=O) groups excluding carboxylic acids is 1. The molecule has 5 nitrogen and oxygen atoms in total. The van der Waals surface area contributed by atoms with Crippen molar-refractivity contribution in [3.8, 4) is 0 Å². The van der Waals surface area contributed by atoms with Gasteiger partial charge in [0.15, 0.2) is 5.78 Å². The van der Waals surface area contributed by atoms with Gasteiger partial charge in [0, 0.05) is 29.6 Å². The minimum atomic E-state index is -1.75. The zero-order chi connectivity index (χ0) is 21.6. The van der Waals surface area contributed by atoms with Gasteiger partial charge in [-0.1, -0.05) is 38.5 Å². The largest absolute Gasteiger partial charge is 0.392 e. The lowest BCUT2D eigenvalue weighted by atomic mass is 9.58. The maximum atomic E-state index is 13.1. The molecule has 4 aliphatic carbocycles. The first kappa shape index (κ1) is 21.0. The van der Waals surface area contributed by atoms with Gasteiger partial charge in [0.25, 0.3) is 0 Å². The first-order valence-electron chi connectivity index (χ1n) is 10.9. The second kappa shape index (κ2) is 6.13. The van der Waals surface area contributed by atoms with E-state index in [-0.39, 0.29) is 30.6 Å². The summed E-state index contributed by atoms with van der Waals surface area (Å²) in [7, 11) is 0. The maximum absolute atomic E-state index is 13.1. The fourth-order valence-corrected chi connectivity index (χ4v) is 7.49. The van der Waals surface area contributed by atoms with E-state index >= 15 is 0 Å². The minimum absolute atomic E-state index is 0.0166. The van der Waals surface area contributed by atoms with Crippen molar-refractivity contribution in [1.82, 2.24) is 0 Å². The van der Waals surface area contributed by atoms with Crippen molar-refractivity contribution in [1.29, 1.82) is 0 Å². The van der Waals surface area contributed by atoms with Gasteiger partial charge in [0.1, 0.15) is 5.60 Å². The van der Waals surface area contributed by atoms with E-state index in [1.807, 2.05) is 33.8 Å². The zero-order valence-electron chi connectivity index (χ0n) is 17.9. The molecule has 8 atom stereocenters. The van der Waals surface area contributed by atoms with Gasteiger partial charge in [-0.3, -0.25) is 4.79 Å². The van der Waals surface area contributed by atoms with Gasteiger partial charge in [0.2, 0.25) is 0 Å². The van der Waals surface area contributed by atoms with E-state index in [9.17, 15) is 25.2 Å². The number of ketones is 1. The summed E-state index contributed by atoms with van der Waals surface area (Å²) < 4.78 is 0. The molecule has 0 saturated heterocycles. The van der Waals surface area contributed by atoms with E-state index in [0.717, 1.165) is 5.57 Å². The lowest BCUT2D eigenvalue weighted by molar-refractivity contribution is -0.178. The molecule has 0 aliphatic heterocycles. The van der Waals surface area contributed by atoms with Gasteiger partial charge in [-0.05, 0) is 43.3 Å². The van der Waals surface area contributed by atoms with E-state index in [0.29, 0.717) is 30.4 Å². The highest BCUT2D eigenvalue weighted by atomic mass is 16.3. The molecule has 0 aromatic heterocycles. The van der Waals surface area contributed by atoms with Crippen LogP contribution < -0.4 is 0 Å². The standard InChI is InChI=1S/C24H34O5/c1-6-15-9-17-22(27,20(15)26)11-16(12-25)14(5)18-19-21(7-2,8-3)23(19,28)10-13(4)24(17,18)29/h7,9,13,17-19,25,27-29H,2,6,8,10-12H2,1,3-5H3/t13-,17-,18+,19+,21+,22-,23+,24+/m1/s1. The Bertz CT molecular complexity index is 842. The minimum Gasteiger partial charge on any atom is -0.392 e. The lowest BCUT2D eigenvalue weighted by Gasteiger charge is -2.51. The number of rotatable bonds is 4. The van der Waals surface area contributed by atoms with Crippen LogP contribution in [0, 0.1) is 29.1 Å². The molecule has 0 aromatic carbocycles. The van der Waals surface area contributed by atoms with Gasteiger partial charge in [0.05, 0.1) is 17.8 Å². The Hall–Kier alpha value is -1.27. The van der Waals surface area contributed by atoms with Crippen LogP contribution >= 0.6 is 0 Å². The average Bonchev–Trinajstić information content (AvgIpc) is 3.13. The molecule has 0 heterocycles. The summed E-state index contributed by atoms with van der Waals surface area (Å²) in [5.41, 5.74) is -2.70. The molecule has 0 unspecified atom stereocenters.